The minimum Gasteiger partial charge on any atom is -0.302 e. The molecule has 6 heteroatoms. The van der Waals surface area contributed by atoms with E-state index in [9.17, 15) is 5.26 Å². The summed E-state index contributed by atoms with van der Waals surface area (Å²) in [6.07, 6.45) is 3.12. The van der Waals surface area contributed by atoms with Gasteiger partial charge in [0.15, 0.2) is 5.16 Å². The van der Waals surface area contributed by atoms with Gasteiger partial charge >= 0.3 is 0 Å². The first-order valence-corrected chi connectivity index (χ1v) is 12.4. The topological polar surface area (TPSA) is 54.5 Å². The Balaban J connectivity index is 1.54. The normalized spacial score (nSPS) is 10.8. The molecule has 0 saturated carbocycles. The Morgan fingerprint density at radius 3 is 2.39 bits per heavy atom. The van der Waals surface area contributed by atoms with Crippen LogP contribution in [-0.4, -0.2) is 14.8 Å². The molecule has 0 bridgehead atoms. The quantitative estimate of drug-likeness (QED) is 0.242. The van der Waals surface area contributed by atoms with Gasteiger partial charge in [0.25, 0.3) is 0 Å². The number of halogens is 1. The third-order valence-electron chi connectivity index (χ3n) is 5.48. The molecule has 0 radical (unpaired) electrons. The van der Waals surface area contributed by atoms with Gasteiger partial charge in [-0.2, -0.15) is 5.26 Å². The van der Waals surface area contributed by atoms with Crippen LogP contribution in [-0.2, 0) is 18.7 Å². The third kappa shape index (κ3) is 5.84. The van der Waals surface area contributed by atoms with E-state index in [1.807, 2.05) is 48.5 Å². The molecule has 4 rings (SSSR count). The summed E-state index contributed by atoms with van der Waals surface area (Å²) in [7, 11) is 0. The Morgan fingerprint density at radius 1 is 0.939 bits per heavy atom. The summed E-state index contributed by atoms with van der Waals surface area (Å²) >= 11 is 7.71. The summed E-state index contributed by atoms with van der Waals surface area (Å²) in [6, 6.07) is 26.3. The Labute approximate surface area is 204 Å². The highest BCUT2D eigenvalue weighted by Crippen LogP contribution is 2.26. The van der Waals surface area contributed by atoms with Crippen LogP contribution in [0.15, 0.2) is 78.0 Å². The van der Waals surface area contributed by atoms with Crippen molar-refractivity contribution in [3.63, 3.8) is 0 Å². The van der Waals surface area contributed by atoms with Gasteiger partial charge in [-0.3, -0.25) is 0 Å². The molecule has 0 N–H and O–H groups in total. The summed E-state index contributed by atoms with van der Waals surface area (Å²) in [5.74, 6) is 1.84. The maximum Gasteiger partial charge on any atom is 0.191 e. The molecule has 0 fully saturated rings. The van der Waals surface area contributed by atoms with Gasteiger partial charge in [-0.25, -0.2) is 0 Å². The van der Waals surface area contributed by atoms with Gasteiger partial charge in [-0.15, -0.1) is 10.2 Å². The number of benzene rings is 3. The molecule has 4 nitrogen and oxygen atoms in total. The predicted molar refractivity (Wildman–Crippen MR) is 135 cm³/mol. The number of aromatic nitrogens is 3. The summed E-state index contributed by atoms with van der Waals surface area (Å²) in [6.45, 7) is 2.91. The van der Waals surface area contributed by atoms with Crippen molar-refractivity contribution < 1.29 is 0 Å². The van der Waals surface area contributed by atoms with Crippen molar-refractivity contribution in [3.05, 3.63) is 100 Å². The zero-order valence-corrected chi connectivity index (χ0v) is 20.1. The first kappa shape index (κ1) is 23.1. The van der Waals surface area contributed by atoms with Gasteiger partial charge in [0.05, 0.1) is 18.2 Å². The minimum atomic E-state index is 0.687. The molecule has 3 aromatic carbocycles. The molecule has 0 aliphatic rings. The van der Waals surface area contributed by atoms with Crippen molar-refractivity contribution in [3.8, 4) is 17.2 Å². The fourth-order valence-corrected chi connectivity index (χ4v) is 4.68. The van der Waals surface area contributed by atoms with Crippen LogP contribution in [0.1, 0.15) is 42.3 Å². The Morgan fingerprint density at radius 2 is 1.67 bits per heavy atom. The molecule has 0 aliphatic heterocycles. The smallest absolute Gasteiger partial charge is 0.191 e. The van der Waals surface area contributed by atoms with Gasteiger partial charge in [0.2, 0.25) is 0 Å². The molecule has 0 aliphatic carbocycles. The maximum atomic E-state index is 9.41. The van der Waals surface area contributed by atoms with Gasteiger partial charge in [-0.05, 0) is 46.9 Å². The Hall–Kier alpha value is -3.07. The lowest BCUT2D eigenvalue weighted by atomic mass is 9.99. The molecular weight excluding hydrogens is 448 g/mol. The van der Waals surface area contributed by atoms with Crippen molar-refractivity contribution in [1.29, 1.82) is 5.26 Å². The largest absolute Gasteiger partial charge is 0.302 e. The third-order valence-corrected chi connectivity index (χ3v) is 6.77. The van der Waals surface area contributed by atoms with E-state index in [1.165, 1.54) is 11.1 Å². The molecule has 0 amide bonds. The van der Waals surface area contributed by atoms with Gasteiger partial charge in [0, 0.05) is 17.2 Å². The first-order chi connectivity index (χ1) is 16.2. The molecule has 0 spiro atoms. The van der Waals surface area contributed by atoms with E-state index in [4.69, 9.17) is 11.6 Å². The fourth-order valence-electron chi connectivity index (χ4n) is 3.64. The second-order valence-electron chi connectivity index (χ2n) is 7.86. The molecule has 0 saturated heterocycles. The van der Waals surface area contributed by atoms with Crippen LogP contribution in [0.5, 0.6) is 0 Å². The number of rotatable bonds is 9. The highest BCUT2D eigenvalue weighted by atomic mass is 35.5. The van der Waals surface area contributed by atoms with Crippen LogP contribution < -0.4 is 0 Å². The highest BCUT2D eigenvalue weighted by Gasteiger charge is 2.14. The van der Waals surface area contributed by atoms with Crippen LogP contribution in [0.25, 0.3) is 11.1 Å². The lowest BCUT2D eigenvalue weighted by Gasteiger charge is -2.11. The van der Waals surface area contributed by atoms with Gasteiger partial charge in [-0.1, -0.05) is 91.3 Å². The number of nitrogens with zero attached hydrogens (tertiary/aromatic N) is 4. The number of hydrogen-bond acceptors (Lipinski definition) is 4. The SMILES string of the molecule is CCCCc1nnc(SCc2ccc(Cl)cc2)n1Cc1ccc(-c2ccccc2C#N)cc1. The molecule has 4 aromatic rings. The minimum absolute atomic E-state index is 0.687. The average Bonchev–Trinajstić information content (AvgIpc) is 3.24. The lowest BCUT2D eigenvalue weighted by molar-refractivity contribution is 0.642. The van der Waals surface area contributed by atoms with E-state index in [1.54, 1.807) is 11.8 Å². The van der Waals surface area contributed by atoms with Crippen molar-refractivity contribution in [2.24, 2.45) is 0 Å². The zero-order chi connectivity index (χ0) is 23.0. The molecule has 33 heavy (non-hydrogen) atoms. The molecule has 1 heterocycles. The lowest BCUT2D eigenvalue weighted by Crippen LogP contribution is -2.07. The Kier molecular flexibility index (Phi) is 7.83. The number of hydrogen-bond donors (Lipinski definition) is 0. The number of aryl methyl sites for hydroxylation is 1. The van der Waals surface area contributed by atoms with E-state index in [0.29, 0.717) is 5.56 Å². The van der Waals surface area contributed by atoms with Crippen LogP contribution >= 0.6 is 23.4 Å². The summed E-state index contributed by atoms with van der Waals surface area (Å²) in [5.41, 5.74) is 5.07. The first-order valence-electron chi connectivity index (χ1n) is 11.1. The van der Waals surface area contributed by atoms with Gasteiger partial charge in [0.1, 0.15) is 5.82 Å². The van der Waals surface area contributed by atoms with E-state index in [0.717, 1.165) is 58.7 Å². The van der Waals surface area contributed by atoms with Crippen LogP contribution in [0.3, 0.4) is 0 Å². The summed E-state index contributed by atoms with van der Waals surface area (Å²) < 4.78 is 2.23. The molecule has 0 unspecified atom stereocenters. The fraction of sp³-hybridized carbons (Fsp3) is 0.222. The zero-order valence-electron chi connectivity index (χ0n) is 18.5. The molecule has 1 aromatic heterocycles. The molecule has 0 atom stereocenters. The van der Waals surface area contributed by atoms with E-state index < -0.39 is 0 Å². The van der Waals surface area contributed by atoms with Crippen molar-refractivity contribution in [1.82, 2.24) is 14.8 Å². The molecular formula is C27H25ClN4S. The standard InChI is InChI=1S/C27H25ClN4S/c1-2-3-8-26-30-31-27(33-19-21-11-15-24(28)16-12-21)32(26)18-20-9-13-22(14-10-20)25-7-5-4-6-23(25)17-29/h4-7,9-16H,2-3,8,18-19H2,1H3. The van der Waals surface area contributed by atoms with Crippen molar-refractivity contribution in [2.45, 2.75) is 43.6 Å². The van der Waals surface area contributed by atoms with Crippen molar-refractivity contribution >= 4 is 23.4 Å². The summed E-state index contributed by atoms with van der Waals surface area (Å²) in [4.78, 5) is 0. The van der Waals surface area contributed by atoms with Crippen molar-refractivity contribution in [2.75, 3.05) is 0 Å². The second-order valence-corrected chi connectivity index (χ2v) is 9.24. The maximum absolute atomic E-state index is 9.41. The van der Waals surface area contributed by atoms with E-state index in [-0.39, 0.29) is 0 Å². The number of unbranched alkanes of at least 4 members (excludes halogenated alkanes) is 1. The highest BCUT2D eigenvalue weighted by molar-refractivity contribution is 7.98. The van der Waals surface area contributed by atoms with Crippen LogP contribution in [0.4, 0.5) is 0 Å². The Bertz CT molecular complexity index is 1240. The monoisotopic (exact) mass is 472 g/mol. The number of thioether (sulfide) groups is 1. The van der Waals surface area contributed by atoms with E-state index >= 15 is 0 Å². The average molecular weight is 473 g/mol. The predicted octanol–water partition coefficient (Wildman–Crippen LogP) is 7.15. The molecule has 166 valence electrons. The van der Waals surface area contributed by atoms with E-state index in [2.05, 4.69) is 52.0 Å². The van der Waals surface area contributed by atoms with Crippen LogP contribution in [0, 0.1) is 11.3 Å². The van der Waals surface area contributed by atoms with Gasteiger partial charge < -0.3 is 4.57 Å². The number of nitriles is 1. The second kappa shape index (κ2) is 11.2. The summed E-state index contributed by atoms with van der Waals surface area (Å²) in [5, 5.41) is 20.1. The van der Waals surface area contributed by atoms with Crippen LogP contribution in [0.2, 0.25) is 5.02 Å².